The molecule has 2 rings (SSSR count). The van der Waals surface area contributed by atoms with Crippen LogP contribution in [0.1, 0.15) is 37.7 Å². The summed E-state index contributed by atoms with van der Waals surface area (Å²) in [6.45, 7) is 0.546. The van der Waals surface area contributed by atoms with Gasteiger partial charge in [-0.05, 0) is 25.0 Å². The maximum absolute atomic E-state index is 13.1. The zero-order valence-electron chi connectivity index (χ0n) is 11.2. The van der Waals surface area contributed by atoms with Gasteiger partial charge in [-0.3, -0.25) is 0 Å². The Labute approximate surface area is 125 Å². The maximum atomic E-state index is 13.1. The van der Waals surface area contributed by atoms with E-state index in [4.69, 9.17) is 0 Å². The lowest BCUT2D eigenvalue weighted by atomic mass is 9.94. The Balaban J connectivity index is 2.33. The number of aromatic nitrogens is 1. The molecule has 1 heterocycles. The first-order valence-electron chi connectivity index (χ1n) is 6.89. The molecule has 1 aliphatic carbocycles. The van der Waals surface area contributed by atoms with Crippen LogP contribution >= 0.6 is 15.9 Å². The van der Waals surface area contributed by atoms with Crippen LogP contribution < -0.4 is 4.90 Å². The highest BCUT2D eigenvalue weighted by Gasteiger charge is 2.37. The van der Waals surface area contributed by atoms with Crippen molar-refractivity contribution in [3.63, 3.8) is 0 Å². The van der Waals surface area contributed by atoms with E-state index in [1.165, 1.54) is 18.7 Å². The Bertz CT molecular complexity index is 431. The van der Waals surface area contributed by atoms with Crippen molar-refractivity contribution in [3.8, 4) is 0 Å². The van der Waals surface area contributed by atoms with Gasteiger partial charge in [-0.15, -0.1) is 0 Å². The van der Waals surface area contributed by atoms with Crippen molar-refractivity contribution >= 4 is 21.7 Å². The molecule has 0 aromatic carbocycles. The number of nitrogens with zero attached hydrogens (tertiary/aromatic N) is 2. The summed E-state index contributed by atoms with van der Waals surface area (Å²) in [5.74, 6) is 0.0753. The molecule has 0 bridgehead atoms. The minimum atomic E-state index is -4.36. The molecular weight excluding hydrogens is 333 g/mol. The molecule has 1 aromatic heterocycles. The van der Waals surface area contributed by atoms with E-state index in [2.05, 4.69) is 20.9 Å². The fraction of sp³-hybridized carbons (Fsp3) is 0.643. The molecule has 0 aliphatic heterocycles. The number of hydrogen-bond donors (Lipinski definition) is 0. The van der Waals surface area contributed by atoms with E-state index in [-0.39, 0.29) is 11.9 Å². The van der Waals surface area contributed by atoms with E-state index in [1.54, 1.807) is 0 Å². The van der Waals surface area contributed by atoms with Crippen LogP contribution in [0.25, 0.3) is 0 Å². The van der Waals surface area contributed by atoms with E-state index in [0.717, 1.165) is 31.7 Å². The molecule has 1 fully saturated rings. The molecule has 1 saturated carbocycles. The molecule has 0 radical (unpaired) electrons. The molecule has 0 N–H and O–H groups in total. The molecule has 0 spiro atoms. The van der Waals surface area contributed by atoms with Crippen molar-refractivity contribution in [2.24, 2.45) is 0 Å². The number of rotatable bonds is 4. The zero-order chi connectivity index (χ0) is 14.6. The Morgan fingerprint density at radius 3 is 2.55 bits per heavy atom. The number of hydrogen-bond acceptors (Lipinski definition) is 2. The Hall–Kier alpha value is -0.780. The molecule has 2 nitrogen and oxygen atoms in total. The van der Waals surface area contributed by atoms with Crippen LogP contribution in [0.3, 0.4) is 0 Å². The maximum Gasteiger partial charge on any atom is 0.419 e. The minimum Gasteiger partial charge on any atom is -0.352 e. The summed E-state index contributed by atoms with van der Waals surface area (Å²) < 4.78 is 39.4. The third-order valence-electron chi connectivity index (χ3n) is 3.71. The molecule has 1 aliphatic rings. The van der Waals surface area contributed by atoms with E-state index in [1.807, 2.05) is 4.90 Å². The predicted molar refractivity (Wildman–Crippen MR) is 77.3 cm³/mol. The molecule has 0 unspecified atom stereocenters. The monoisotopic (exact) mass is 350 g/mol. The molecule has 6 heteroatoms. The first-order valence-corrected chi connectivity index (χ1v) is 8.01. The van der Waals surface area contributed by atoms with Gasteiger partial charge in [-0.1, -0.05) is 35.2 Å². The van der Waals surface area contributed by atoms with E-state index in [0.29, 0.717) is 11.9 Å². The topological polar surface area (TPSA) is 16.1 Å². The SMILES string of the molecule is FC(F)(F)c1cccnc1N(CCBr)C1CCCCC1. The van der Waals surface area contributed by atoms with Gasteiger partial charge in [0.15, 0.2) is 0 Å². The van der Waals surface area contributed by atoms with Crippen LogP contribution in [0.2, 0.25) is 0 Å². The summed E-state index contributed by atoms with van der Waals surface area (Å²) in [6.07, 6.45) is 2.31. The van der Waals surface area contributed by atoms with Gasteiger partial charge in [0.1, 0.15) is 5.82 Å². The van der Waals surface area contributed by atoms with Gasteiger partial charge in [-0.2, -0.15) is 13.2 Å². The van der Waals surface area contributed by atoms with Crippen LogP contribution in [0, 0.1) is 0 Å². The molecule has 20 heavy (non-hydrogen) atoms. The van der Waals surface area contributed by atoms with Gasteiger partial charge < -0.3 is 4.90 Å². The quantitative estimate of drug-likeness (QED) is 0.735. The summed E-state index contributed by atoms with van der Waals surface area (Å²) in [5, 5.41) is 0.636. The lowest BCUT2D eigenvalue weighted by Gasteiger charge is -2.36. The molecule has 0 atom stereocenters. The summed E-state index contributed by atoms with van der Waals surface area (Å²) in [7, 11) is 0. The van der Waals surface area contributed by atoms with Crippen LogP contribution in [-0.4, -0.2) is 22.9 Å². The highest BCUT2D eigenvalue weighted by Crippen LogP contribution is 2.37. The molecule has 0 amide bonds. The van der Waals surface area contributed by atoms with E-state index >= 15 is 0 Å². The summed E-state index contributed by atoms with van der Waals surface area (Å²) >= 11 is 3.34. The van der Waals surface area contributed by atoms with Gasteiger partial charge >= 0.3 is 6.18 Å². The summed E-state index contributed by atoms with van der Waals surface area (Å²) in [5.41, 5.74) is -0.633. The van der Waals surface area contributed by atoms with Gasteiger partial charge in [-0.25, -0.2) is 4.98 Å². The van der Waals surface area contributed by atoms with Crippen molar-refractivity contribution < 1.29 is 13.2 Å². The Morgan fingerprint density at radius 2 is 1.95 bits per heavy atom. The number of pyridine rings is 1. The predicted octanol–water partition coefficient (Wildman–Crippen LogP) is 4.63. The van der Waals surface area contributed by atoms with Crippen molar-refractivity contribution in [2.45, 2.75) is 44.3 Å². The molecular formula is C14H18BrF3N2. The summed E-state index contributed by atoms with van der Waals surface area (Å²) in [6, 6.07) is 2.63. The van der Waals surface area contributed by atoms with Gasteiger partial charge in [0, 0.05) is 24.1 Å². The molecule has 1 aromatic rings. The lowest BCUT2D eigenvalue weighted by Crippen LogP contribution is -2.40. The van der Waals surface area contributed by atoms with Crippen LogP contribution in [0.5, 0.6) is 0 Å². The van der Waals surface area contributed by atoms with E-state index in [9.17, 15) is 13.2 Å². The largest absolute Gasteiger partial charge is 0.419 e. The average Bonchev–Trinajstić information content (AvgIpc) is 2.45. The highest BCUT2D eigenvalue weighted by atomic mass is 79.9. The third-order valence-corrected chi connectivity index (χ3v) is 4.06. The fourth-order valence-electron chi connectivity index (χ4n) is 2.79. The smallest absolute Gasteiger partial charge is 0.352 e. The van der Waals surface area contributed by atoms with Crippen molar-refractivity contribution in [2.75, 3.05) is 16.8 Å². The van der Waals surface area contributed by atoms with Crippen LogP contribution in [-0.2, 0) is 6.18 Å². The third kappa shape index (κ3) is 3.65. The van der Waals surface area contributed by atoms with Gasteiger partial charge in [0.2, 0.25) is 0 Å². The lowest BCUT2D eigenvalue weighted by molar-refractivity contribution is -0.137. The fourth-order valence-corrected chi connectivity index (χ4v) is 3.17. The second-order valence-corrected chi connectivity index (χ2v) is 5.84. The second kappa shape index (κ2) is 6.78. The van der Waals surface area contributed by atoms with Crippen LogP contribution in [0.4, 0.5) is 19.0 Å². The Morgan fingerprint density at radius 1 is 1.25 bits per heavy atom. The Kier molecular flexibility index (Phi) is 5.29. The highest BCUT2D eigenvalue weighted by molar-refractivity contribution is 9.09. The van der Waals surface area contributed by atoms with Crippen molar-refractivity contribution in [1.29, 1.82) is 0 Å². The van der Waals surface area contributed by atoms with E-state index < -0.39 is 11.7 Å². The molecule has 112 valence electrons. The number of alkyl halides is 4. The minimum absolute atomic E-state index is 0.0753. The molecule has 0 saturated heterocycles. The number of halogens is 4. The normalized spacial score (nSPS) is 17.2. The van der Waals surface area contributed by atoms with Gasteiger partial charge in [0.05, 0.1) is 5.56 Å². The first kappa shape index (κ1) is 15.6. The first-order chi connectivity index (χ1) is 9.54. The van der Waals surface area contributed by atoms with Gasteiger partial charge in [0.25, 0.3) is 0 Å². The van der Waals surface area contributed by atoms with Crippen molar-refractivity contribution in [1.82, 2.24) is 4.98 Å². The summed E-state index contributed by atoms with van der Waals surface area (Å²) in [4.78, 5) is 5.85. The average molecular weight is 351 g/mol. The standard InChI is InChI=1S/C14H18BrF3N2/c15-8-10-20(11-5-2-1-3-6-11)13-12(14(16,17)18)7-4-9-19-13/h4,7,9,11H,1-3,5-6,8,10H2. The zero-order valence-corrected chi connectivity index (χ0v) is 12.8. The van der Waals surface area contributed by atoms with Crippen LogP contribution in [0.15, 0.2) is 18.3 Å². The number of anilines is 1. The second-order valence-electron chi connectivity index (χ2n) is 5.05. The van der Waals surface area contributed by atoms with Crippen molar-refractivity contribution in [3.05, 3.63) is 23.9 Å².